The number of benzene rings is 3. The van der Waals surface area contributed by atoms with Gasteiger partial charge in [0.05, 0.1) is 32.0 Å². The summed E-state index contributed by atoms with van der Waals surface area (Å²) in [5.74, 6) is -0.318. The molecule has 3 rings (SSSR count). The molecule has 10 heteroatoms. The molecule has 9 nitrogen and oxygen atoms in total. The van der Waals surface area contributed by atoms with Gasteiger partial charge in [-0.2, -0.15) is 5.10 Å². The first kappa shape index (κ1) is 26.2. The van der Waals surface area contributed by atoms with E-state index in [1.807, 2.05) is 6.92 Å². The van der Waals surface area contributed by atoms with E-state index in [2.05, 4.69) is 15.8 Å². The number of rotatable bonds is 10. The largest absolute Gasteiger partial charge is 0.494 e. The molecule has 0 heterocycles. The first-order valence-corrected chi connectivity index (χ1v) is 11.3. The van der Waals surface area contributed by atoms with Crippen molar-refractivity contribution in [1.82, 2.24) is 10.7 Å². The van der Waals surface area contributed by atoms with Gasteiger partial charge in [-0.05, 0) is 73.2 Å². The summed E-state index contributed by atoms with van der Waals surface area (Å²) in [5, 5.41) is 6.77. The quantitative estimate of drug-likeness (QED) is 0.186. The number of carbonyl (C=O) groups is 3. The van der Waals surface area contributed by atoms with Crippen molar-refractivity contribution in [1.29, 1.82) is 0 Å². The van der Waals surface area contributed by atoms with Gasteiger partial charge in [0, 0.05) is 10.6 Å². The van der Waals surface area contributed by atoms with Gasteiger partial charge < -0.3 is 19.5 Å². The summed E-state index contributed by atoms with van der Waals surface area (Å²) in [4.78, 5) is 36.5. The molecule has 0 bridgehead atoms. The highest BCUT2D eigenvalue weighted by Gasteiger charge is 2.13. The van der Waals surface area contributed by atoms with Crippen LogP contribution in [0.15, 0.2) is 71.8 Å². The molecule has 0 aliphatic heterocycles. The summed E-state index contributed by atoms with van der Waals surface area (Å²) in [6.45, 7) is 2.13. The highest BCUT2D eigenvalue weighted by atomic mass is 35.5. The van der Waals surface area contributed by atoms with Gasteiger partial charge in [0.1, 0.15) is 5.75 Å². The maximum absolute atomic E-state index is 12.5. The number of nitrogens with one attached hydrogen (secondary N) is 2. The Bertz CT molecular complexity index is 1260. The molecule has 0 aromatic heterocycles. The number of nitrogens with zero attached hydrogens (tertiary/aromatic N) is 1. The van der Waals surface area contributed by atoms with Gasteiger partial charge in [0.15, 0.2) is 11.5 Å². The number of halogens is 1. The van der Waals surface area contributed by atoms with Crippen molar-refractivity contribution in [2.75, 3.05) is 20.3 Å². The van der Waals surface area contributed by atoms with Crippen LogP contribution in [0.4, 0.5) is 0 Å². The van der Waals surface area contributed by atoms with Gasteiger partial charge in [-0.3, -0.25) is 9.59 Å². The minimum atomic E-state index is -0.551. The van der Waals surface area contributed by atoms with Crippen molar-refractivity contribution >= 4 is 35.6 Å². The molecule has 0 fully saturated rings. The number of hydrogen-bond acceptors (Lipinski definition) is 7. The average Bonchev–Trinajstić information content (AvgIpc) is 2.88. The van der Waals surface area contributed by atoms with Crippen LogP contribution in [0.3, 0.4) is 0 Å². The maximum atomic E-state index is 12.5. The van der Waals surface area contributed by atoms with Crippen LogP contribution < -0.4 is 25.0 Å². The summed E-state index contributed by atoms with van der Waals surface area (Å²) in [6.07, 6.45) is 1.39. The van der Waals surface area contributed by atoms with E-state index in [1.165, 1.54) is 19.4 Å². The van der Waals surface area contributed by atoms with Gasteiger partial charge in [0.25, 0.3) is 11.8 Å². The molecule has 0 saturated heterocycles. The van der Waals surface area contributed by atoms with Crippen molar-refractivity contribution < 1.29 is 28.6 Å². The fourth-order valence-electron chi connectivity index (χ4n) is 2.97. The number of carbonyl (C=O) groups excluding carboxylic acids is 3. The molecule has 0 aliphatic rings. The molecular formula is C26H24ClN3O6. The zero-order valence-corrected chi connectivity index (χ0v) is 20.4. The average molecular weight is 510 g/mol. The van der Waals surface area contributed by atoms with Gasteiger partial charge >= 0.3 is 5.97 Å². The van der Waals surface area contributed by atoms with Crippen LogP contribution in [0.25, 0.3) is 0 Å². The Labute approximate surface area is 213 Å². The maximum Gasteiger partial charge on any atom is 0.343 e. The standard InChI is InChI=1S/C26H24ClN3O6/c1-3-35-21-10-8-18(9-11-21)26(33)36-22-12-7-17(13-23(22)34-2)15-29-30-24(31)16-28-25(32)19-5-4-6-20(27)14-19/h4-15H,3,16H2,1-2H3,(H,28,32)(H,30,31). The fraction of sp³-hybridized carbons (Fsp3) is 0.154. The lowest BCUT2D eigenvalue weighted by Crippen LogP contribution is -2.34. The Morgan fingerprint density at radius 3 is 2.44 bits per heavy atom. The number of hydrogen-bond donors (Lipinski definition) is 2. The Morgan fingerprint density at radius 1 is 0.972 bits per heavy atom. The van der Waals surface area contributed by atoms with Gasteiger partial charge in [-0.1, -0.05) is 17.7 Å². The van der Waals surface area contributed by atoms with E-state index in [9.17, 15) is 14.4 Å². The second-order valence-electron chi connectivity index (χ2n) is 7.24. The third kappa shape index (κ3) is 7.57. The molecule has 0 saturated carbocycles. The second kappa shape index (κ2) is 12.9. The van der Waals surface area contributed by atoms with Crippen molar-refractivity contribution in [3.63, 3.8) is 0 Å². The Balaban J connectivity index is 1.53. The molecule has 0 unspecified atom stereocenters. The first-order chi connectivity index (χ1) is 17.4. The van der Waals surface area contributed by atoms with E-state index in [0.717, 1.165) is 0 Å². The van der Waals surface area contributed by atoms with Crippen molar-refractivity contribution in [3.05, 3.63) is 88.4 Å². The van der Waals surface area contributed by atoms with E-state index in [-0.39, 0.29) is 12.3 Å². The number of methoxy groups -OCH3 is 1. The van der Waals surface area contributed by atoms with E-state index < -0.39 is 17.8 Å². The van der Waals surface area contributed by atoms with Crippen LogP contribution in [-0.2, 0) is 4.79 Å². The van der Waals surface area contributed by atoms with Gasteiger partial charge in [0.2, 0.25) is 0 Å². The van der Waals surface area contributed by atoms with Crippen LogP contribution in [-0.4, -0.2) is 44.3 Å². The molecule has 3 aromatic rings. The van der Waals surface area contributed by atoms with Crippen molar-refractivity contribution in [2.45, 2.75) is 6.92 Å². The van der Waals surface area contributed by atoms with E-state index in [1.54, 1.807) is 60.7 Å². The van der Waals surface area contributed by atoms with Gasteiger partial charge in [-0.15, -0.1) is 0 Å². The van der Waals surface area contributed by atoms with Crippen molar-refractivity contribution in [2.24, 2.45) is 5.10 Å². The van der Waals surface area contributed by atoms with Crippen LogP contribution in [0, 0.1) is 0 Å². The molecule has 36 heavy (non-hydrogen) atoms. The lowest BCUT2D eigenvalue weighted by molar-refractivity contribution is -0.120. The lowest BCUT2D eigenvalue weighted by Gasteiger charge is -2.10. The number of ether oxygens (including phenoxy) is 3. The van der Waals surface area contributed by atoms with Crippen molar-refractivity contribution in [3.8, 4) is 17.2 Å². The molecule has 186 valence electrons. The third-order valence-electron chi connectivity index (χ3n) is 4.69. The highest BCUT2D eigenvalue weighted by molar-refractivity contribution is 6.31. The monoisotopic (exact) mass is 509 g/mol. The smallest absolute Gasteiger partial charge is 0.343 e. The third-order valence-corrected chi connectivity index (χ3v) is 4.93. The van der Waals surface area contributed by atoms with Crippen LogP contribution in [0.1, 0.15) is 33.2 Å². The predicted octanol–water partition coefficient (Wildman–Crippen LogP) is 3.85. The Morgan fingerprint density at radius 2 is 1.75 bits per heavy atom. The van der Waals surface area contributed by atoms with E-state index >= 15 is 0 Å². The fourth-order valence-corrected chi connectivity index (χ4v) is 3.16. The van der Waals surface area contributed by atoms with Gasteiger partial charge in [-0.25, -0.2) is 10.2 Å². The first-order valence-electron chi connectivity index (χ1n) is 10.9. The molecule has 2 N–H and O–H groups in total. The summed E-state index contributed by atoms with van der Waals surface area (Å²) >= 11 is 5.86. The minimum Gasteiger partial charge on any atom is -0.494 e. The molecular weight excluding hydrogens is 486 g/mol. The summed E-state index contributed by atoms with van der Waals surface area (Å²) in [7, 11) is 1.44. The minimum absolute atomic E-state index is 0.223. The van der Waals surface area contributed by atoms with Crippen LogP contribution >= 0.6 is 11.6 Å². The number of hydrazone groups is 1. The zero-order valence-electron chi connectivity index (χ0n) is 19.6. The molecule has 0 radical (unpaired) electrons. The topological polar surface area (TPSA) is 115 Å². The molecule has 2 amide bonds. The number of amides is 2. The summed E-state index contributed by atoms with van der Waals surface area (Å²) < 4.78 is 16.1. The Hall–Kier alpha value is -4.37. The van der Waals surface area contributed by atoms with E-state index in [0.29, 0.717) is 39.8 Å². The van der Waals surface area contributed by atoms with E-state index in [4.69, 9.17) is 25.8 Å². The number of esters is 1. The molecule has 0 spiro atoms. The van der Waals surface area contributed by atoms with Crippen LogP contribution in [0.5, 0.6) is 17.2 Å². The lowest BCUT2D eigenvalue weighted by atomic mass is 10.2. The second-order valence-corrected chi connectivity index (χ2v) is 7.68. The Kier molecular flexibility index (Phi) is 9.41. The summed E-state index contributed by atoms with van der Waals surface area (Å²) in [5.41, 5.74) is 3.60. The molecule has 0 atom stereocenters. The highest BCUT2D eigenvalue weighted by Crippen LogP contribution is 2.28. The SMILES string of the molecule is CCOc1ccc(C(=O)Oc2ccc(C=NNC(=O)CNC(=O)c3cccc(Cl)c3)cc2OC)cc1. The molecule has 3 aromatic carbocycles. The molecule has 0 aliphatic carbocycles. The summed E-state index contributed by atoms with van der Waals surface area (Å²) in [6, 6.07) is 17.8. The predicted molar refractivity (Wildman–Crippen MR) is 135 cm³/mol. The zero-order chi connectivity index (χ0) is 25.9. The normalized spacial score (nSPS) is 10.5. The van der Waals surface area contributed by atoms with Crippen LogP contribution in [0.2, 0.25) is 5.02 Å².